The smallest absolute Gasteiger partial charge is 0.263 e. The van der Waals surface area contributed by atoms with Crippen molar-refractivity contribution in [3.63, 3.8) is 0 Å². The highest BCUT2D eigenvalue weighted by atomic mass is 35.5. The van der Waals surface area contributed by atoms with Crippen molar-refractivity contribution < 1.29 is 0 Å². The molecule has 3 aromatic rings. The number of thiophene rings is 1. The molecule has 0 spiro atoms. The first-order valence-electron chi connectivity index (χ1n) is 7.89. The monoisotopic (exact) mass is 354 g/mol. The van der Waals surface area contributed by atoms with Crippen molar-refractivity contribution in [3.8, 4) is 12.3 Å². The van der Waals surface area contributed by atoms with Crippen LogP contribution in [0.2, 0.25) is 5.02 Å². The number of aryl methyl sites for hydroxylation is 2. The van der Waals surface area contributed by atoms with Crippen molar-refractivity contribution in [1.82, 2.24) is 9.55 Å². The van der Waals surface area contributed by atoms with Crippen LogP contribution >= 0.6 is 22.9 Å². The van der Waals surface area contributed by atoms with E-state index in [1.165, 1.54) is 10.4 Å². The number of aromatic nitrogens is 2. The molecule has 4 rings (SSSR count). The highest BCUT2D eigenvalue weighted by molar-refractivity contribution is 7.18. The summed E-state index contributed by atoms with van der Waals surface area (Å²) in [6.07, 6.45) is 9.17. The highest BCUT2D eigenvalue weighted by Crippen LogP contribution is 2.34. The topological polar surface area (TPSA) is 34.9 Å². The molecular weight excluding hydrogens is 340 g/mol. The number of halogens is 1. The molecule has 0 unspecified atom stereocenters. The molecule has 0 saturated carbocycles. The van der Waals surface area contributed by atoms with Crippen LogP contribution in [-0.4, -0.2) is 9.55 Å². The van der Waals surface area contributed by atoms with Gasteiger partial charge in [-0.05, 0) is 42.5 Å². The lowest BCUT2D eigenvalue weighted by Gasteiger charge is -2.10. The highest BCUT2D eigenvalue weighted by Gasteiger charge is 2.23. The Bertz CT molecular complexity index is 1040. The van der Waals surface area contributed by atoms with E-state index in [0.717, 1.165) is 35.0 Å². The number of rotatable bonds is 3. The number of fused-ring (bicyclic) bond motifs is 3. The van der Waals surface area contributed by atoms with Gasteiger partial charge in [0.05, 0.1) is 11.9 Å². The van der Waals surface area contributed by atoms with Crippen LogP contribution in [0, 0.1) is 12.3 Å². The third-order valence-corrected chi connectivity index (χ3v) is 5.83. The molecule has 0 fully saturated rings. The summed E-state index contributed by atoms with van der Waals surface area (Å²) >= 11 is 7.72. The van der Waals surface area contributed by atoms with Gasteiger partial charge in [-0.25, -0.2) is 4.98 Å². The van der Waals surface area contributed by atoms with Crippen LogP contribution in [0.1, 0.15) is 28.2 Å². The molecule has 0 amide bonds. The van der Waals surface area contributed by atoms with Crippen LogP contribution in [0.15, 0.2) is 29.1 Å². The van der Waals surface area contributed by atoms with Gasteiger partial charge < -0.3 is 0 Å². The Morgan fingerprint density at radius 2 is 2.25 bits per heavy atom. The first kappa shape index (κ1) is 15.4. The Kier molecular flexibility index (Phi) is 3.91. The summed E-state index contributed by atoms with van der Waals surface area (Å²) in [7, 11) is 0. The zero-order valence-electron chi connectivity index (χ0n) is 13.0. The molecule has 3 nitrogen and oxygen atoms in total. The molecule has 5 heteroatoms. The second kappa shape index (κ2) is 6.08. The van der Waals surface area contributed by atoms with Crippen LogP contribution in [0.4, 0.5) is 0 Å². The molecule has 0 saturated heterocycles. The van der Waals surface area contributed by atoms with Gasteiger partial charge >= 0.3 is 0 Å². The van der Waals surface area contributed by atoms with Crippen molar-refractivity contribution in [3.05, 3.63) is 61.5 Å². The average Bonchev–Trinajstić information content (AvgIpc) is 3.11. The third kappa shape index (κ3) is 2.54. The largest absolute Gasteiger partial charge is 0.284 e. The lowest BCUT2D eigenvalue weighted by molar-refractivity contribution is 0.720. The van der Waals surface area contributed by atoms with E-state index in [2.05, 4.69) is 5.92 Å². The van der Waals surface area contributed by atoms with Crippen molar-refractivity contribution in [2.45, 2.75) is 32.2 Å². The van der Waals surface area contributed by atoms with Crippen molar-refractivity contribution in [2.24, 2.45) is 0 Å². The number of hydrogen-bond donors (Lipinski definition) is 0. The molecule has 0 bridgehead atoms. The molecule has 0 N–H and O–H groups in total. The van der Waals surface area contributed by atoms with E-state index in [1.54, 1.807) is 15.9 Å². The molecule has 1 aliphatic carbocycles. The van der Waals surface area contributed by atoms with Crippen LogP contribution in [0.5, 0.6) is 0 Å². The van der Waals surface area contributed by atoms with Crippen LogP contribution < -0.4 is 5.56 Å². The summed E-state index contributed by atoms with van der Waals surface area (Å²) in [4.78, 5) is 20.0. The first-order chi connectivity index (χ1) is 11.7. The molecule has 2 heterocycles. The van der Waals surface area contributed by atoms with E-state index >= 15 is 0 Å². The Morgan fingerprint density at radius 3 is 3.04 bits per heavy atom. The minimum absolute atomic E-state index is 0.00521. The van der Waals surface area contributed by atoms with E-state index in [0.29, 0.717) is 17.3 Å². The van der Waals surface area contributed by atoms with Gasteiger partial charge in [0.25, 0.3) is 5.56 Å². The number of benzene rings is 1. The summed E-state index contributed by atoms with van der Waals surface area (Å²) in [6, 6.07) is 7.61. The molecule has 1 aliphatic rings. The maximum absolute atomic E-state index is 13.0. The molecule has 2 aromatic heterocycles. The number of terminal acetylenes is 1. The zero-order chi connectivity index (χ0) is 16.7. The lowest BCUT2D eigenvalue weighted by atomic mass is 10.1. The van der Waals surface area contributed by atoms with E-state index in [4.69, 9.17) is 23.0 Å². The Balaban J connectivity index is 1.90. The Hall–Kier alpha value is -2.09. The molecular formula is C19H15ClN2OS. The van der Waals surface area contributed by atoms with E-state index in [-0.39, 0.29) is 12.1 Å². The van der Waals surface area contributed by atoms with Gasteiger partial charge in [0, 0.05) is 16.3 Å². The van der Waals surface area contributed by atoms with Crippen LogP contribution in [-0.2, 0) is 25.8 Å². The van der Waals surface area contributed by atoms with Gasteiger partial charge in [0.2, 0.25) is 0 Å². The van der Waals surface area contributed by atoms with Gasteiger partial charge in [-0.15, -0.1) is 17.8 Å². The second-order valence-corrected chi connectivity index (χ2v) is 7.49. The average molecular weight is 355 g/mol. The summed E-state index contributed by atoms with van der Waals surface area (Å²) in [5.41, 5.74) is 2.20. The second-order valence-electron chi connectivity index (χ2n) is 5.97. The standard InChI is InChI=1S/C19H15ClN2OS/c1-2-9-22-16(11-12-5-3-6-13(20)10-12)21-18-17(19(22)23)14-7-4-8-15(14)24-18/h1,3,5-6,10H,4,7-9,11H2. The van der Waals surface area contributed by atoms with Crippen molar-refractivity contribution >= 4 is 33.2 Å². The molecule has 1 aromatic carbocycles. The predicted octanol–water partition coefficient (Wildman–Crippen LogP) is 3.82. The fourth-order valence-corrected chi connectivity index (χ4v) is 4.82. The minimum atomic E-state index is -0.00521. The van der Waals surface area contributed by atoms with E-state index in [1.807, 2.05) is 24.3 Å². The Labute approximate surface area is 148 Å². The molecule has 24 heavy (non-hydrogen) atoms. The SMILES string of the molecule is C#CCn1c(Cc2cccc(Cl)c2)nc2sc3c(c2c1=O)CCC3. The quantitative estimate of drug-likeness (QED) is 0.670. The van der Waals surface area contributed by atoms with Gasteiger partial charge in [-0.3, -0.25) is 9.36 Å². The van der Waals surface area contributed by atoms with Crippen LogP contribution in [0.3, 0.4) is 0 Å². The van der Waals surface area contributed by atoms with Gasteiger partial charge in [-0.1, -0.05) is 29.7 Å². The maximum atomic E-state index is 13.0. The number of nitrogens with zero attached hydrogens (tertiary/aromatic N) is 2. The van der Waals surface area contributed by atoms with Crippen molar-refractivity contribution in [1.29, 1.82) is 0 Å². The predicted molar refractivity (Wildman–Crippen MR) is 99.0 cm³/mol. The van der Waals surface area contributed by atoms with Crippen molar-refractivity contribution in [2.75, 3.05) is 0 Å². The zero-order valence-corrected chi connectivity index (χ0v) is 14.6. The normalized spacial score (nSPS) is 13.2. The molecule has 120 valence electrons. The molecule has 0 aliphatic heterocycles. The summed E-state index contributed by atoms with van der Waals surface area (Å²) in [5.74, 6) is 3.29. The summed E-state index contributed by atoms with van der Waals surface area (Å²) in [5, 5.41) is 1.45. The van der Waals surface area contributed by atoms with Gasteiger partial charge in [0.1, 0.15) is 10.7 Å². The molecule has 0 radical (unpaired) electrons. The van der Waals surface area contributed by atoms with E-state index in [9.17, 15) is 4.79 Å². The van der Waals surface area contributed by atoms with Gasteiger partial charge in [0.15, 0.2) is 0 Å². The minimum Gasteiger partial charge on any atom is -0.284 e. The fraction of sp³-hybridized carbons (Fsp3) is 0.263. The first-order valence-corrected chi connectivity index (χ1v) is 9.08. The summed E-state index contributed by atoms with van der Waals surface area (Å²) in [6.45, 7) is 0.238. The Morgan fingerprint density at radius 1 is 1.38 bits per heavy atom. The molecule has 0 atom stereocenters. The third-order valence-electron chi connectivity index (χ3n) is 4.40. The maximum Gasteiger partial charge on any atom is 0.263 e. The van der Waals surface area contributed by atoms with Crippen LogP contribution in [0.25, 0.3) is 10.2 Å². The lowest BCUT2D eigenvalue weighted by Crippen LogP contribution is -2.25. The number of hydrogen-bond acceptors (Lipinski definition) is 3. The van der Waals surface area contributed by atoms with Gasteiger partial charge in [-0.2, -0.15) is 0 Å². The summed E-state index contributed by atoms with van der Waals surface area (Å²) < 4.78 is 1.63. The van der Waals surface area contributed by atoms with E-state index < -0.39 is 0 Å². The fourth-order valence-electron chi connectivity index (χ4n) is 3.34.